The van der Waals surface area contributed by atoms with Crippen molar-refractivity contribution >= 4 is 39.3 Å². The molecule has 2 aliphatic heterocycles. The molecule has 3 rings (SSSR count). The first kappa shape index (κ1) is 24.6. The van der Waals surface area contributed by atoms with Crippen molar-refractivity contribution in [3.63, 3.8) is 0 Å². The van der Waals surface area contributed by atoms with Gasteiger partial charge in [0.25, 0.3) is 5.91 Å². The van der Waals surface area contributed by atoms with E-state index in [-0.39, 0.29) is 35.6 Å². The number of amides is 2. The van der Waals surface area contributed by atoms with E-state index in [2.05, 4.69) is 6.58 Å². The van der Waals surface area contributed by atoms with Gasteiger partial charge >= 0.3 is 6.09 Å². The highest BCUT2D eigenvalue weighted by Gasteiger charge is 2.46. The fourth-order valence-corrected chi connectivity index (χ4v) is 5.57. The summed E-state index contributed by atoms with van der Waals surface area (Å²) in [5.74, 6) is 0.837. The second-order valence-electron chi connectivity index (χ2n) is 7.49. The molecule has 3 atom stereocenters. The second-order valence-corrected chi connectivity index (χ2v) is 10.4. The third-order valence-corrected chi connectivity index (χ3v) is 8.07. The SMILES string of the molecule is C=C1C[C@H]2C(O)N(C(=O)OCCSS[C@@H](C)CO)c3cc(OC)c(OC)cc3C(=O)N2C1. The van der Waals surface area contributed by atoms with E-state index in [1.807, 2.05) is 6.92 Å². The number of nitrogens with zero attached hydrogens (tertiary/aromatic N) is 2. The molecule has 2 amide bonds. The van der Waals surface area contributed by atoms with E-state index in [9.17, 15) is 14.7 Å². The lowest BCUT2D eigenvalue weighted by molar-refractivity contribution is 0.0493. The Kier molecular flexibility index (Phi) is 8.21. The lowest BCUT2D eigenvalue weighted by atomic mass is 10.1. The van der Waals surface area contributed by atoms with Crippen LogP contribution >= 0.6 is 21.6 Å². The molecule has 0 radical (unpaired) electrons. The molecule has 0 bridgehead atoms. The Morgan fingerprint density at radius 3 is 2.66 bits per heavy atom. The molecule has 1 unspecified atom stereocenters. The molecule has 9 nitrogen and oxygen atoms in total. The Bertz CT molecular complexity index is 882. The highest BCUT2D eigenvalue weighted by atomic mass is 33.1. The molecule has 1 fully saturated rings. The van der Waals surface area contributed by atoms with Gasteiger partial charge in [0.1, 0.15) is 6.61 Å². The summed E-state index contributed by atoms with van der Waals surface area (Å²) in [5.41, 5.74) is 1.20. The minimum absolute atomic E-state index is 0.0662. The largest absolute Gasteiger partial charge is 0.493 e. The van der Waals surface area contributed by atoms with E-state index in [0.717, 1.165) is 10.5 Å². The van der Waals surface area contributed by atoms with Gasteiger partial charge in [0, 0.05) is 23.6 Å². The van der Waals surface area contributed by atoms with Crippen LogP contribution in [-0.2, 0) is 4.74 Å². The Labute approximate surface area is 195 Å². The van der Waals surface area contributed by atoms with Crippen LogP contribution in [0.5, 0.6) is 11.5 Å². The number of hydrogen-bond acceptors (Lipinski definition) is 9. The van der Waals surface area contributed by atoms with Crippen molar-refractivity contribution in [2.75, 3.05) is 44.6 Å². The molecule has 1 aromatic carbocycles. The molecule has 0 aromatic heterocycles. The van der Waals surface area contributed by atoms with Crippen LogP contribution in [0.4, 0.5) is 10.5 Å². The van der Waals surface area contributed by atoms with Gasteiger partial charge in [0.05, 0.1) is 38.1 Å². The molecule has 1 aromatic rings. The number of hydrogen-bond donors (Lipinski definition) is 2. The summed E-state index contributed by atoms with van der Waals surface area (Å²) >= 11 is 0. The van der Waals surface area contributed by atoms with Crippen molar-refractivity contribution in [1.82, 2.24) is 4.90 Å². The van der Waals surface area contributed by atoms with Gasteiger partial charge in [-0.15, -0.1) is 0 Å². The molecule has 1 saturated heterocycles. The Morgan fingerprint density at radius 2 is 2.00 bits per heavy atom. The first-order valence-corrected chi connectivity index (χ1v) is 12.5. The number of aliphatic hydroxyl groups is 2. The van der Waals surface area contributed by atoms with Gasteiger partial charge in [0.15, 0.2) is 17.7 Å². The van der Waals surface area contributed by atoms with Crippen LogP contribution in [0.1, 0.15) is 23.7 Å². The smallest absolute Gasteiger partial charge is 0.416 e. The molecule has 2 heterocycles. The summed E-state index contributed by atoms with van der Waals surface area (Å²) in [7, 11) is 5.89. The van der Waals surface area contributed by atoms with Gasteiger partial charge in [0.2, 0.25) is 0 Å². The van der Waals surface area contributed by atoms with Crippen LogP contribution in [0, 0.1) is 0 Å². The molecule has 0 saturated carbocycles. The number of methoxy groups -OCH3 is 2. The maximum absolute atomic E-state index is 13.3. The average molecular weight is 485 g/mol. The minimum Gasteiger partial charge on any atom is -0.493 e. The molecule has 0 spiro atoms. The molecule has 2 aliphatic rings. The van der Waals surface area contributed by atoms with Crippen LogP contribution in [-0.4, -0.2) is 84.4 Å². The van der Waals surface area contributed by atoms with E-state index in [1.165, 1.54) is 52.8 Å². The number of benzene rings is 1. The average Bonchev–Trinajstić information content (AvgIpc) is 3.16. The standard InChI is InChI=1S/C21H28N2O7S2/c1-12-7-16-20(26)23(21(27)30-5-6-31-32-13(2)11-24)15-9-18(29-4)17(28-3)8-14(15)19(25)22(16)10-12/h8-9,13,16,20,24,26H,1,5-7,10-11H2,2-4H3/t13-,16-,20?/m0/s1. The minimum atomic E-state index is -1.32. The van der Waals surface area contributed by atoms with E-state index < -0.39 is 18.4 Å². The van der Waals surface area contributed by atoms with Gasteiger partial charge in [-0.05, 0) is 12.5 Å². The Hall–Kier alpha value is -2.08. The number of anilines is 1. The van der Waals surface area contributed by atoms with Crippen molar-refractivity contribution in [2.45, 2.75) is 30.9 Å². The lowest BCUT2D eigenvalue weighted by Gasteiger charge is -2.31. The van der Waals surface area contributed by atoms with Crippen molar-refractivity contribution in [3.8, 4) is 11.5 Å². The zero-order valence-electron chi connectivity index (χ0n) is 18.3. The van der Waals surface area contributed by atoms with E-state index in [4.69, 9.17) is 19.3 Å². The van der Waals surface area contributed by atoms with Crippen LogP contribution < -0.4 is 14.4 Å². The van der Waals surface area contributed by atoms with Crippen LogP contribution in [0.15, 0.2) is 24.3 Å². The first-order chi connectivity index (χ1) is 15.3. The third kappa shape index (κ3) is 4.95. The van der Waals surface area contributed by atoms with Gasteiger partial charge in [-0.3, -0.25) is 4.79 Å². The maximum Gasteiger partial charge on any atom is 0.416 e. The van der Waals surface area contributed by atoms with Crippen LogP contribution in [0.3, 0.4) is 0 Å². The first-order valence-electron chi connectivity index (χ1n) is 10.1. The Balaban J connectivity index is 1.90. The second kappa shape index (κ2) is 10.7. The van der Waals surface area contributed by atoms with Crippen molar-refractivity contribution in [1.29, 1.82) is 0 Å². The monoisotopic (exact) mass is 484 g/mol. The molecular weight excluding hydrogens is 456 g/mol. The van der Waals surface area contributed by atoms with E-state index in [1.54, 1.807) is 0 Å². The molecule has 32 heavy (non-hydrogen) atoms. The van der Waals surface area contributed by atoms with E-state index in [0.29, 0.717) is 30.2 Å². The summed E-state index contributed by atoms with van der Waals surface area (Å²) in [4.78, 5) is 29.0. The highest BCUT2D eigenvalue weighted by molar-refractivity contribution is 8.76. The van der Waals surface area contributed by atoms with Crippen molar-refractivity contribution in [3.05, 3.63) is 29.8 Å². The molecule has 0 aliphatic carbocycles. The number of aliphatic hydroxyl groups excluding tert-OH is 2. The summed E-state index contributed by atoms with van der Waals surface area (Å²) in [5, 5.41) is 20.3. The van der Waals surface area contributed by atoms with Crippen molar-refractivity contribution < 1.29 is 34.0 Å². The summed E-state index contributed by atoms with van der Waals surface area (Å²) in [6.07, 6.45) is -1.70. The van der Waals surface area contributed by atoms with Crippen LogP contribution in [0.25, 0.3) is 0 Å². The van der Waals surface area contributed by atoms with Crippen LogP contribution in [0.2, 0.25) is 0 Å². The number of ether oxygens (including phenoxy) is 3. The Morgan fingerprint density at radius 1 is 1.31 bits per heavy atom. The molecule has 11 heteroatoms. The van der Waals surface area contributed by atoms with Gasteiger partial charge < -0.3 is 29.3 Å². The van der Waals surface area contributed by atoms with Gasteiger partial charge in [-0.25, -0.2) is 9.69 Å². The number of fused-ring (bicyclic) bond motifs is 2. The number of carbonyl (C=O) groups is 2. The zero-order valence-corrected chi connectivity index (χ0v) is 19.9. The quantitative estimate of drug-likeness (QED) is 0.327. The summed E-state index contributed by atoms with van der Waals surface area (Å²) in [6, 6.07) is 2.37. The van der Waals surface area contributed by atoms with Gasteiger partial charge in [-0.2, -0.15) is 0 Å². The predicted molar refractivity (Wildman–Crippen MR) is 125 cm³/mol. The van der Waals surface area contributed by atoms with Gasteiger partial charge in [-0.1, -0.05) is 40.7 Å². The summed E-state index contributed by atoms with van der Waals surface area (Å²) in [6.45, 7) is 6.32. The molecule has 2 N–H and O–H groups in total. The number of carbonyl (C=O) groups excluding carboxylic acids is 2. The third-order valence-electron chi connectivity index (χ3n) is 5.23. The fraction of sp³-hybridized carbons (Fsp3) is 0.524. The van der Waals surface area contributed by atoms with Crippen molar-refractivity contribution in [2.24, 2.45) is 0 Å². The topological polar surface area (TPSA) is 109 Å². The number of rotatable bonds is 8. The normalized spacial score (nSPS) is 21.0. The maximum atomic E-state index is 13.3. The lowest BCUT2D eigenvalue weighted by Crippen LogP contribution is -2.51. The fourth-order valence-electron chi connectivity index (χ4n) is 3.66. The summed E-state index contributed by atoms with van der Waals surface area (Å²) < 4.78 is 16.1. The molecule has 176 valence electrons. The van der Waals surface area contributed by atoms with E-state index >= 15 is 0 Å². The zero-order chi connectivity index (χ0) is 23.4. The predicted octanol–water partition coefficient (Wildman–Crippen LogP) is 2.51. The molecular formula is C21H28N2O7S2. The highest BCUT2D eigenvalue weighted by Crippen LogP contribution is 2.41.